The van der Waals surface area contributed by atoms with Gasteiger partial charge in [-0.15, -0.1) is 12.4 Å². The van der Waals surface area contributed by atoms with Gasteiger partial charge in [-0.2, -0.15) is 5.10 Å². The van der Waals surface area contributed by atoms with Crippen molar-refractivity contribution in [1.82, 2.24) is 9.78 Å². The van der Waals surface area contributed by atoms with Crippen LogP contribution in [0.25, 0.3) is 11.3 Å². The van der Waals surface area contributed by atoms with Crippen molar-refractivity contribution in [1.29, 1.82) is 0 Å². The lowest BCUT2D eigenvalue weighted by atomic mass is 10.1. The fourth-order valence-corrected chi connectivity index (χ4v) is 1.69. The molecule has 6 heteroatoms. The van der Waals surface area contributed by atoms with Gasteiger partial charge in [0.1, 0.15) is 12.4 Å². The number of aromatic nitrogens is 2. The molecule has 108 valence electrons. The molecular weight excluding hydrogens is 281 g/mol. The molecule has 0 aliphatic heterocycles. The number of nitrogens with two attached hydrogens (primary N) is 1. The largest absolute Gasteiger partial charge is 0.489 e. The summed E-state index contributed by atoms with van der Waals surface area (Å²) in [6.45, 7) is 0.321. The Morgan fingerprint density at radius 3 is 2.55 bits per heavy atom. The van der Waals surface area contributed by atoms with Gasteiger partial charge in [-0.3, -0.25) is 4.68 Å². The van der Waals surface area contributed by atoms with Gasteiger partial charge in [0.15, 0.2) is 0 Å². The highest BCUT2D eigenvalue weighted by Gasteiger charge is 2.03. The quantitative estimate of drug-likeness (QED) is 0.923. The molecule has 0 saturated heterocycles. The Kier molecular flexibility index (Phi) is 6.21. The molecule has 1 aromatic heterocycles. The number of rotatable bonds is 5. The van der Waals surface area contributed by atoms with Gasteiger partial charge in [-0.05, 0) is 30.3 Å². The van der Waals surface area contributed by atoms with Crippen LogP contribution in [0.3, 0.4) is 0 Å². The molecule has 20 heavy (non-hydrogen) atoms. The maximum atomic E-state index is 12.3. The molecular formula is C14H17ClFN3O. The summed E-state index contributed by atoms with van der Waals surface area (Å²) in [6, 6.07) is 9.50. The van der Waals surface area contributed by atoms with E-state index < -0.39 is 0 Å². The van der Waals surface area contributed by atoms with E-state index in [9.17, 15) is 4.39 Å². The van der Waals surface area contributed by atoms with Gasteiger partial charge in [0.05, 0.1) is 12.0 Å². The number of halogens is 2. The van der Waals surface area contributed by atoms with Crippen LogP contribution in [-0.2, 0) is 7.05 Å². The standard InChI is InChI=1S/C14H16FN3O.ClH/c1-18-14(6-7-17-18)12-2-4-13(5-3-12)19-10-11(8-15)9-16;/h2-8H,9-10,16H2,1H3;1H/b11-8+;. The van der Waals surface area contributed by atoms with E-state index in [0.29, 0.717) is 17.7 Å². The van der Waals surface area contributed by atoms with Gasteiger partial charge < -0.3 is 10.5 Å². The van der Waals surface area contributed by atoms with Gasteiger partial charge in [0.2, 0.25) is 0 Å². The molecule has 0 radical (unpaired) electrons. The van der Waals surface area contributed by atoms with Crippen LogP contribution in [0.4, 0.5) is 4.39 Å². The summed E-state index contributed by atoms with van der Waals surface area (Å²) in [5, 5.41) is 4.12. The number of hydrogen-bond donors (Lipinski definition) is 1. The van der Waals surface area contributed by atoms with E-state index in [1.807, 2.05) is 37.4 Å². The second kappa shape index (κ2) is 7.67. The normalized spacial score (nSPS) is 11.1. The lowest BCUT2D eigenvalue weighted by Gasteiger charge is -2.08. The van der Waals surface area contributed by atoms with E-state index in [0.717, 1.165) is 11.3 Å². The Hall–Kier alpha value is -1.85. The minimum atomic E-state index is 0. The lowest BCUT2D eigenvalue weighted by molar-refractivity contribution is 0.347. The average Bonchev–Trinajstić information content (AvgIpc) is 2.87. The van der Waals surface area contributed by atoms with Crippen molar-refractivity contribution in [2.45, 2.75) is 0 Å². The summed E-state index contributed by atoms with van der Waals surface area (Å²) in [6.07, 6.45) is 2.24. The molecule has 0 amide bonds. The molecule has 2 aromatic rings. The number of ether oxygens (including phenoxy) is 1. The zero-order valence-corrected chi connectivity index (χ0v) is 11.9. The minimum Gasteiger partial charge on any atom is -0.489 e. The predicted molar refractivity (Wildman–Crippen MR) is 79.6 cm³/mol. The second-order valence-electron chi connectivity index (χ2n) is 4.12. The minimum absolute atomic E-state index is 0. The first-order valence-electron chi connectivity index (χ1n) is 5.94. The van der Waals surface area contributed by atoms with E-state index in [1.165, 1.54) is 0 Å². The summed E-state index contributed by atoms with van der Waals surface area (Å²) in [5.74, 6) is 0.679. The molecule has 0 atom stereocenters. The first-order valence-corrected chi connectivity index (χ1v) is 5.94. The van der Waals surface area contributed by atoms with Gasteiger partial charge >= 0.3 is 0 Å². The lowest BCUT2D eigenvalue weighted by Crippen LogP contribution is -2.10. The SMILES string of the molecule is Cl.Cn1nccc1-c1ccc(OC/C(=C/F)CN)cc1. The van der Waals surface area contributed by atoms with Crippen molar-refractivity contribution in [2.24, 2.45) is 12.8 Å². The van der Waals surface area contributed by atoms with E-state index in [4.69, 9.17) is 10.5 Å². The van der Waals surface area contributed by atoms with E-state index in [-0.39, 0.29) is 25.6 Å². The third kappa shape index (κ3) is 3.82. The topological polar surface area (TPSA) is 53.1 Å². The van der Waals surface area contributed by atoms with Crippen molar-refractivity contribution >= 4 is 12.4 Å². The third-order valence-electron chi connectivity index (χ3n) is 2.81. The maximum absolute atomic E-state index is 12.3. The van der Waals surface area contributed by atoms with Crippen molar-refractivity contribution in [3.63, 3.8) is 0 Å². The first-order chi connectivity index (χ1) is 9.24. The Balaban J connectivity index is 0.00000200. The number of aryl methyl sites for hydroxylation is 1. The Labute approximate surface area is 123 Å². The molecule has 0 bridgehead atoms. The number of nitrogens with zero attached hydrogens (tertiary/aromatic N) is 2. The molecule has 2 N–H and O–H groups in total. The summed E-state index contributed by atoms with van der Waals surface area (Å²) in [5.41, 5.74) is 7.86. The summed E-state index contributed by atoms with van der Waals surface area (Å²) >= 11 is 0. The molecule has 1 heterocycles. The zero-order chi connectivity index (χ0) is 13.7. The number of hydrogen-bond acceptors (Lipinski definition) is 3. The van der Waals surface area contributed by atoms with Crippen LogP contribution in [0.2, 0.25) is 0 Å². The molecule has 0 saturated carbocycles. The monoisotopic (exact) mass is 297 g/mol. The second-order valence-corrected chi connectivity index (χ2v) is 4.12. The fraction of sp³-hybridized carbons (Fsp3) is 0.214. The Bertz CT molecular complexity index is 566. The predicted octanol–water partition coefficient (Wildman–Crippen LogP) is 2.70. The molecule has 0 spiro atoms. The summed E-state index contributed by atoms with van der Waals surface area (Å²) in [7, 11) is 1.89. The van der Waals surface area contributed by atoms with Gasteiger partial charge in [0, 0.05) is 30.9 Å². The first kappa shape index (κ1) is 16.2. The summed E-state index contributed by atoms with van der Waals surface area (Å²) < 4.78 is 19.6. The van der Waals surface area contributed by atoms with Crippen molar-refractivity contribution in [3.8, 4) is 17.0 Å². The Morgan fingerprint density at radius 1 is 1.35 bits per heavy atom. The number of benzene rings is 1. The van der Waals surface area contributed by atoms with Crippen molar-refractivity contribution in [3.05, 3.63) is 48.4 Å². The van der Waals surface area contributed by atoms with Crippen LogP contribution in [0.1, 0.15) is 0 Å². The van der Waals surface area contributed by atoms with Crippen LogP contribution < -0.4 is 10.5 Å². The highest BCUT2D eigenvalue weighted by molar-refractivity contribution is 5.85. The van der Waals surface area contributed by atoms with Crippen molar-refractivity contribution in [2.75, 3.05) is 13.2 Å². The van der Waals surface area contributed by atoms with Crippen LogP contribution >= 0.6 is 12.4 Å². The molecule has 0 aliphatic rings. The van der Waals surface area contributed by atoms with Crippen LogP contribution in [0.15, 0.2) is 48.4 Å². The maximum Gasteiger partial charge on any atom is 0.119 e. The van der Waals surface area contributed by atoms with E-state index in [1.54, 1.807) is 10.9 Å². The molecule has 4 nitrogen and oxygen atoms in total. The van der Waals surface area contributed by atoms with Crippen LogP contribution in [0.5, 0.6) is 5.75 Å². The fourth-order valence-electron chi connectivity index (χ4n) is 1.69. The van der Waals surface area contributed by atoms with Gasteiger partial charge in [-0.1, -0.05) is 0 Å². The highest BCUT2D eigenvalue weighted by atomic mass is 35.5. The molecule has 0 fully saturated rings. The van der Waals surface area contributed by atoms with E-state index in [2.05, 4.69) is 5.10 Å². The highest BCUT2D eigenvalue weighted by Crippen LogP contribution is 2.21. The Morgan fingerprint density at radius 2 is 2.05 bits per heavy atom. The van der Waals surface area contributed by atoms with Gasteiger partial charge in [-0.25, -0.2) is 4.39 Å². The molecule has 0 aliphatic carbocycles. The van der Waals surface area contributed by atoms with Crippen LogP contribution in [-0.4, -0.2) is 22.9 Å². The average molecular weight is 298 g/mol. The third-order valence-corrected chi connectivity index (χ3v) is 2.81. The van der Waals surface area contributed by atoms with Crippen LogP contribution in [0, 0.1) is 0 Å². The smallest absolute Gasteiger partial charge is 0.119 e. The van der Waals surface area contributed by atoms with Crippen molar-refractivity contribution < 1.29 is 9.13 Å². The van der Waals surface area contributed by atoms with Gasteiger partial charge in [0.25, 0.3) is 0 Å². The van der Waals surface area contributed by atoms with E-state index >= 15 is 0 Å². The molecule has 2 rings (SSSR count). The summed E-state index contributed by atoms with van der Waals surface area (Å²) in [4.78, 5) is 0. The molecule has 1 aromatic carbocycles. The molecule has 0 unspecified atom stereocenters. The zero-order valence-electron chi connectivity index (χ0n) is 11.1.